The second-order valence-corrected chi connectivity index (χ2v) is 5.10. The van der Waals surface area contributed by atoms with E-state index in [0.717, 1.165) is 0 Å². The Morgan fingerprint density at radius 2 is 1.94 bits per heavy atom. The molecule has 0 atom stereocenters. The smallest absolute Gasteiger partial charge is 0.242 e. The largest absolute Gasteiger partial charge is 0.392 e. The molecular formula is C11H19N3O3S. The van der Waals surface area contributed by atoms with Crippen molar-refractivity contribution in [3.63, 3.8) is 0 Å². The molecule has 1 saturated heterocycles. The van der Waals surface area contributed by atoms with Crippen LogP contribution >= 0.6 is 12.2 Å². The summed E-state index contributed by atoms with van der Waals surface area (Å²) < 4.78 is 5.15. The van der Waals surface area contributed by atoms with Gasteiger partial charge in [-0.25, -0.2) is 0 Å². The average molecular weight is 273 g/mol. The molecule has 0 aromatic heterocycles. The lowest BCUT2D eigenvalue weighted by Gasteiger charge is -2.28. The minimum absolute atomic E-state index is 0.0368. The zero-order chi connectivity index (χ0) is 13.8. The maximum atomic E-state index is 11.8. The van der Waals surface area contributed by atoms with E-state index >= 15 is 0 Å². The molecule has 0 aromatic carbocycles. The lowest BCUT2D eigenvalue weighted by Crippen LogP contribution is -2.50. The van der Waals surface area contributed by atoms with Gasteiger partial charge in [0.2, 0.25) is 11.8 Å². The van der Waals surface area contributed by atoms with Crippen LogP contribution in [-0.2, 0) is 14.3 Å². The summed E-state index contributed by atoms with van der Waals surface area (Å²) in [6.07, 6.45) is 0. The Labute approximate surface area is 112 Å². The van der Waals surface area contributed by atoms with E-state index in [1.165, 1.54) is 0 Å². The Kier molecular flexibility index (Phi) is 5.03. The van der Waals surface area contributed by atoms with Crippen LogP contribution in [0.2, 0.25) is 0 Å². The van der Waals surface area contributed by atoms with Crippen molar-refractivity contribution in [2.24, 2.45) is 11.1 Å². The van der Waals surface area contributed by atoms with E-state index in [2.05, 4.69) is 5.32 Å². The van der Waals surface area contributed by atoms with Crippen molar-refractivity contribution in [2.75, 3.05) is 32.8 Å². The maximum absolute atomic E-state index is 11.8. The van der Waals surface area contributed by atoms with Gasteiger partial charge in [0.1, 0.15) is 0 Å². The molecule has 0 saturated carbocycles. The first-order chi connectivity index (χ1) is 8.35. The molecule has 3 N–H and O–H groups in total. The number of rotatable bonds is 4. The second kappa shape index (κ2) is 6.10. The van der Waals surface area contributed by atoms with Crippen molar-refractivity contribution in [2.45, 2.75) is 13.8 Å². The van der Waals surface area contributed by atoms with Crippen molar-refractivity contribution in [1.82, 2.24) is 10.2 Å². The van der Waals surface area contributed by atoms with Gasteiger partial charge in [-0.15, -0.1) is 0 Å². The van der Waals surface area contributed by atoms with Crippen LogP contribution in [0.5, 0.6) is 0 Å². The number of carbonyl (C=O) groups is 2. The fourth-order valence-electron chi connectivity index (χ4n) is 1.41. The van der Waals surface area contributed by atoms with Gasteiger partial charge in [-0.1, -0.05) is 12.2 Å². The predicted octanol–water partition coefficient (Wildman–Crippen LogP) is -0.726. The lowest BCUT2D eigenvalue weighted by molar-refractivity contribution is -0.137. The molecule has 0 aromatic rings. The van der Waals surface area contributed by atoms with Gasteiger partial charge in [-0.3, -0.25) is 9.59 Å². The van der Waals surface area contributed by atoms with Crippen molar-refractivity contribution >= 4 is 29.0 Å². The molecule has 0 unspecified atom stereocenters. The minimum atomic E-state index is -0.944. The van der Waals surface area contributed by atoms with Gasteiger partial charge in [0, 0.05) is 13.1 Å². The molecule has 7 heteroatoms. The van der Waals surface area contributed by atoms with Gasteiger partial charge in [-0.05, 0) is 13.8 Å². The number of ether oxygens (including phenoxy) is 1. The van der Waals surface area contributed by atoms with Crippen LogP contribution in [0.15, 0.2) is 0 Å². The molecule has 102 valence electrons. The number of thiocarbonyl (C=S) groups is 1. The summed E-state index contributed by atoms with van der Waals surface area (Å²) in [7, 11) is 0. The second-order valence-electron chi connectivity index (χ2n) is 4.67. The molecule has 2 amide bonds. The van der Waals surface area contributed by atoms with Crippen LogP contribution in [0.3, 0.4) is 0 Å². The van der Waals surface area contributed by atoms with Gasteiger partial charge in [-0.2, -0.15) is 0 Å². The Morgan fingerprint density at radius 3 is 2.44 bits per heavy atom. The number of morpholine rings is 1. The highest BCUT2D eigenvalue weighted by Gasteiger charge is 2.31. The van der Waals surface area contributed by atoms with Gasteiger partial charge in [0.25, 0.3) is 0 Å². The van der Waals surface area contributed by atoms with E-state index in [1.807, 2.05) is 0 Å². The number of nitrogens with zero attached hydrogens (tertiary/aromatic N) is 1. The highest BCUT2D eigenvalue weighted by atomic mass is 32.1. The molecule has 1 fully saturated rings. The van der Waals surface area contributed by atoms with Gasteiger partial charge >= 0.3 is 0 Å². The van der Waals surface area contributed by atoms with E-state index in [0.29, 0.717) is 26.3 Å². The number of amides is 2. The third-order valence-electron chi connectivity index (χ3n) is 2.95. The number of hydrogen-bond donors (Lipinski definition) is 2. The third-order valence-corrected chi connectivity index (χ3v) is 3.46. The Bertz CT molecular complexity index is 351. The first kappa shape index (κ1) is 14.8. The standard InChI is InChI=1S/C11H19N3O3S/c1-11(2,9(12)18)10(16)13-7-8(15)14-3-5-17-6-4-14/h3-7H2,1-2H3,(H2,12,18)(H,13,16). The highest BCUT2D eigenvalue weighted by Crippen LogP contribution is 2.15. The van der Waals surface area contributed by atoms with Crippen LogP contribution in [-0.4, -0.2) is 54.6 Å². The summed E-state index contributed by atoms with van der Waals surface area (Å²) in [5, 5.41) is 2.56. The summed E-state index contributed by atoms with van der Waals surface area (Å²) in [5.74, 6) is -0.456. The zero-order valence-electron chi connectivity index (χ0n) is 10.7. The Hall–Kier alpha value is -1.21. The summed E-state index contributed by atoms with van der Waals surface area (Å²) in [4.78, 5) is 25.4. The Morgan fingerprint density at radius 1 is 1.39 bits per heavy atom. The first-order valence-corrected chi connectivity index (χ1v) is 6.20. The van der Waals surface area contributed by atoms with Crippen molar-refractivity contribution in [3.05, 3.63) is 0 Å². The molecular weight excluding hydrogens is 254 g/mol. The summed E-state index contributed by atoms with van der Waals surface area (Å²) in [5.41, 5.74) is 4.54. The van der Waals surface area contributed by atoms with Crippen molar-refractivity contribution < 1.29 is 14.3 Å². The zero-order valence-corrected chi connectivity index (χ0v) is 11.5. The fraction of sp³-hybridized carbons (Fsp3) is 0.727. The molecule has 6 nitrogen and oxygen atoms in total. The lowest BCUT2D eigenvalue weighted by atomic mass is 9.92. The topological polar surface area (TPSA) is 84.7 Å². The molecule has 18 heavy (non-hydrogen) atoms. The van der Waals surface area contributed by atoms with Crippen LogP contribution in [0.1, 0.15) is 13.8 Å². The third kappa shape index (κ3) is 3.64. The van der Waals surface area contributed by atoms with E-state index in [4.69, 9.17) is 22.7 Å². The molecule has 1 rings (SSSR count). The van der Waals surface area contributed by atoms with Crippen molar-refractivity contribution in [1.29, 1.82) is 0 Å². The van der Waals surface area contributed by atoms with Crippen LogP contribution in [0.25, 0.3) is 0 Å². The maximum Gasteiger partial charge on any atom is 0.242 e. The average Bonchev–Trinajstić information content (AvgIpc) is 2.36. The Balaban J connectivity index is 2.42. The molecule has 1 aliphatic heterocycles. The van der Waals surface area contributed by atoms with E-state index in [1.54, 1.807) is 18.7 Å². The van der Waals surface area contributed by atoms with Crippen LogP contribution < -0.4 is 11.1 Å². The summed E-state index contributed by atoms with van der Waals surface area (Å²) >= 11 is 4.82. The number of nitrogens with two attached hydrogens (primary N) is 1. The van der Waals surface area contributed by atoms with E-state index in [-0.39, 0.29) is 23.3 Å². The highest BCUT2D eigenvalue weighted by molar-refractivity contribution is 7.80. The number of nitrogens with one attached hydrogen (secondary N) is 1. The number of hydrogen-bond acceptors (Lipinski definition) is 4. The molecule has 0 radical (unpaired) electrons. The SMILES string of the molecule is CC(C)(C(=O)NCC(=O)N1CCOCC1)C(N)=S. The van der Waals surface area contributed by atoms with Gasteiger partial charge in [0.15, 0.2) is 0 Å². The van der Waals surface area contributed by atoms with Gasteiger partial charge in [0.05, 0.1) is 30.2 Å². The van der Waals surface area contributed by atoms with Crippen molar-refractivity contribution in [3.8, 4) is 0 Å². The molecule has 0 spiro atoms. The molecule has 0 aliphatic carbocycles. The molecule has 1 heterocycles. The predicted molar refractivity (Wildman–Crippen MR) is 71.0 cm³/mol. The summed E-state index contributed by atoms with van der Waals surface area (Å²) in [6.45, 7) is 5.43. The molecule has 1 aliphatic rings. The quantitative estimate of drug-likeness (QED) is 0.660. The minimum Gasteiger partial charge on any atom is -0.392 e. The summed E-state index contributed by atoms with van der Waals surface area (Å²) in [6, 6.07) is 0. The van der Waals surface area contributed by atoms with Crippen LogP contribution in [0.4, 0.5) is 0 Å². The van der Waals surface area contributed by atoms with E-state index in [9.17, 15) is 9.59 Å². The van der Waals surface area contributed by atoms with Crippen LogP contribution in [0, 0.1) is 5.41 Å². The monoisotopic (exact) mass is 273 g/mol. The molecule has 0 bridgehead atoms. The normalized spacial score (nSPS) is 16.2. The van der Waals surface area contributed by atoms with E-state index < -0.39 is 5.41 Å². The first-order valence-electron chi connectivity index (χ1n) is 5.79. The number of carbonyl (C=O) groups excluding carboxylic acids is 2. The fourth-order valence-corrected chi connectivity index (χ4v) is 1.51. The van der Waals surface area contributed by atoms with Gasteiger partial charge < -0.3 is 20.7 Å².